The van der Waals surface area contributed by atoms with Crippen molar-refractivity contribution >= 4 is 40.1 Å². The molecule has 0 bridgehead atoms. The molecule has 0 radical (unpaired) electrons. The van der Waals surface area contributed by atoms with Crippen molar-refractivity contribution in [2.45, 2.75) is 176 Å². The van der Waals surface area contributed by atoms with Crippen LogP contribution in [-0.2, 0) is 28.9 Å². The van der Waals surface area contributed by atoms with E-state index in [2.05, 4.69) is 71.1 Å². The van der Waals surface area contributed by atoms with Crippen LogP contribution in [0.3, 0.4) is 0 Å². The lowest BCUT2D eigenvalue weighted by atomic mass is 10.00. The van der Waals surface area contributed by atoms with E-state index >= 15 is 0 Å². The van der Waals surface area contributed by atoms with E-state index in [-0.39, 0.29) is 24.1 Å². The van der Waals surface area contributed by atoms with Crippen LogP contribution in [0.15, 0.2) is 36.4 Å². The highest BCUT2D eigenvalue weighted by Crippen LogP contribution is 2.33. The number of nitrogens with one attached hydrogen (secondary N) is 3. The minimum atomic E-state index is -1.94. The zero-order valence-corrected chi connectivity index (χ0v) is 38.2. The highest BCUT2D eigenvalue weighted by atomic mass is 35.5. The predicted octanol–water partition coefficient (Wildman–Crippen LogP) is 11.9. The number of unbranched alkanes of at least 4 members (excludes halogenated alkanes) is 12. The van der Waals surface area contributed by atoms with Crippen LogP contribution in [0.2, 0.25) is 5.02 Å². The number of hydrogen-bond donors (Lipinski definition) is 3. The maximum atomic E-state index is 14.1. The molecular weight excluding hydrogens is 784 g/mol. The second-order valence-electron chi connectivity index (χ2n) is 15.9. The molecule has 1 amide bonds. The third-order valence-corrected chi connectivity index (χ3v) is 11.8. The summed E-state index contributed by atoms with van der Waals surface area (Å²) in [5.74, 6) is 1.64. The van der Waals surface area contributed by atoms with Crippen molar-refractivity contribution in [2.75, 3.05) is 18.5 Å². The first-order valence-corrected chi connectivity index (χ1v) is 23.9. The Balaban J connectivity index is 1.50. The lowest BCUT2D eigenvalue weighted by Crippen LogP contribution is -2.33. The summed E-state index contributed by atoms with van der Waals surface area (Å²) < 4.78 is 36.7. The molecule has 11 nitrogen and oxygen atoms in total. The van der Waals surface area contributed by atoms with Gasteiger partial charge in [0, 0.05) is 24.2 Å². The van der Waals surface area contributed by atoms with E-state index in [1.54, 1.807) is 22.8 Å². The lowest BCUT2D eigenvalue weighted by molar-refractivity contribution is -0.123. The number of carbonyl (C=O) groups excluding carboxylic acids is 1. The molecular formula is C46H71ClN6O5S. The fraction of sp³-hybridized carbons (Fsp3) is 0.630. The van der Waals surface area contributed by atoms with Crippen LogP contribution in [0, 0.1) is 6.92 Å². The molecule has 3 atom stereocenters. The average molecular weight is 856 g/mol. The summed E-state index contributed by atoms with van der Waals surface area (Å²) >= 11 is 4.42. The molecule has 0 spiro atoms. The summed E-state index contributed by atoms with van der Waals surface area (Å²) in [6, 6.07) is 11.8. The molecule has 4 rings (SSSR count). The Labute approximate surface area is 361 Å². The first kappa shape index (κ1) is 48.1. The average Bonchev–Trinajstić information content (AvgIpc) is 3.76. The van der Waals surface area contributed by atoms with Gasteiger partial charge in [-0.2, -0.15) is 8.84 Å². The first-order chi connectivity index (χ1) is 28.7. The number of nitrogens with zero attached hydrogens (tertiary/aromatic N) is 3. The van der Waals surface area contributed by atoms with Gasteiger partial charge >= 0.3 is 0 Å². The van der Waals surface area contributed by atoms with Gasteiger partial charge in [0.1, 0.15) is 10.8 Å². The largest absolute Gasteiger partial charge is 0.490 e. The van der Waals surface area contributed by atoms with E-state index in [0.717, 1.165) is 88.5 Å². The predicted molar refractivity (Wildman–Crippen MR) is 242 cm³/mol. The summed E-state index contributed by atoms with van der Waals surface area (Å²) in [6.45, 7) is 13.4. The highest BCUT2D eigenvalue weighted by Gasteiger charge is 2.24. The number of aryl methyl sites for hydroxylation is 3. The zero-order chi connectivity index (χ0) is 42.4. The van der Waals surface area contributed by atoms with Gasteiger partial charge in [0.15, 0.2) is 29.1 Å². The monoisotopic (exact) mass is 854 g/mol. The Bertz CT molecular complexity index is 1860. The maximum Gasteiger partial charge on any atom is 0.288 e. The van der Waals surface area contributed by atoms with Crippen molar-refractivity contribution in [3.63, 3.8) is 0 Å². The minimum absolute atomic E-state index is 0.194. The molecule has 0 aliphatic heterocycles. The standard InChI is InChI=1S/C46H71ClN6O5S/c1-7-11-15-17-18-22-30-56-40-29-27-38(32-42(40)58-59(55)48-33-34(5)44-50-45-43(47)35(6)51-53(45)52-44)49-46(54)41(25-21-16-12-8-2)57-39-28-26-36(23-19-13-9-3)31-37(39)24-20-14-10-4/h26-29,31-32,34,41,48,51H,7-25,30,33H2,1-6H3,(H,49,54). The number of hydrogen-bond acceptors (Lipinski definition) is 7. The summed E-state index contributed by atoms with van der Waals surface area (Å²) in [5.41, 5.74) is 4.33. The van der Waals surface area contributed by atoms with Crippen LogP contribution in [0.4, 0.5) is 5.69 Å². The molecule has 328 valence electrons. The molecule has 3 N–H and O–H groups in total. The number of ether oxygens (including phenoxy) is 2. The third kappa shape index (κ3) is 16.1. The van der Waals surface area contributed by atoms with E-state index in [4.69, 9.17) is 25.3 Å². The molecule has 3 unspecified atom stereocenters. The number of aromatic amines is 1. The third-order valence-electron chi connectivity index (χ3n) is 10.6. The van der Waals surface area contributed by atoms with Crippen molar-refractivity contribution in [2.24, 2.45) is 0 Å². The number of H-pyrrole nitrogens is 1. The number of halogens is 1. The number of rotatable bonds is 31. The van der Waals surface area contributed by atoms with E-state index in [1.807, 2.05) is 13.8 Å². The number of fused-ring (bicyclic) bond motifs is 1. The second-order valence-corrected chi connectivity index (χ2v) is 17.2. The Morgan fingerprint density at radius 1 is 0.831 bits per heavy atom. The van der Waals surface area contributed by atoms with Gasteiger partial charge in [-0.15, -0.1) is 5.10 Å². The van der Waals surface area contributed by atoms with Crippen molar-refractivity contribution in [1.29, 1.82) is 0 Å². The summed E-state index contributed by atoms with van der Waals surface area (Å²) in [4.78, 5) is 18.7. The quantitative estimate of drug-likeness (QED) is 0.0429. The summed E-state index contributed by atoms with van der Waals surface area (Å²) in [7, 11) is 0. The molecule has 0 aliphatic rings. The van der Waals surface area contributed by atoms with Crippen LogP contribution < -0.4 is 23.7 Å². The molecule has 13 heteroatoms. The molecule has 0 fully saturated rings. The number of amides is 1. The Kier molecular flexibility index (Phi) is 21.6. The summed E-state index contributed by atoms with van der Waals surface area (Å²) in [5, 5.41) is 11.2. The number of benzene rings is 2. The molecule has 0 saturated carbocycles. The van der Waals surface area contributed by atoms with Crippen molar-refractivity contribution in [3.05, 3.63) is 64.1 Å². The Morgan fingerprint density at radius 2 is 1.49 bits per heavy atom. The topological polar surface area (TPSA) is 132 Å². The van der Waals surface area contributed by atoms with Crippen molar-refractivity contribution in [1.82, 2.24) is 24.5 Å². The Hall–Kier alpha value is -3.61. The van der Waals surface area contributed by atoms with E-state index in [0.29, 0.717) is 41.0 Å². The SMILES string of the molecule is CCCCCCCCOc1ccc(NC(=O)C(CCCCCC)Oc2ccc(CCCCC)cc2CCCCC)cc1OS(=O)NCC(C)c1nc2c(Cl)c(C)[nH]n2n1. The molecule has 4 aromatic rings. The van der Waals surface area contributed by atoms with Gasteiger partial charge in [-0.1, -0.05) is 135 Å². The van der Waals surface area contributed by atoms with Gasteiger partial charge in [0.2, 0.25) is 0 Å². The Morgan fingerprint density at radius 3 is 2.22 bits per heavy atom. The van der Waals surface area contributed by atoms with Crippen LogP contribution in [0.1, 0.15) is 172 Å². The number of aromatic nitrogens is 4. The van der Waals surface area contributed by atoms with Gasteiger partial charge in [-0.3, -0.25) is 9.89 Å². The normalized spacial score (nSPS) is 13.1. The second kappa shape index (κ2) is 26.6. The minimum Gasteiger partial charge on any atom is -0.490 e. The van der Waals surface area contributed by atoms with E-state index < -0.39 is 17.4 Å². The lowest BCUT2D eigenvalue weighted by Gasteiger charge is -2.22. The van der Waals surface area contributed by atoms with Gasteiger partial charge in [-0.25, -0.2) is 9.71 Å². The van der Waals surface area contributed by atoms with Crippen LogP contribution in [0.25, 0.3) is 5.65 Å². The van der Waals surface area contributed by atoms with Gasteiger partial charge in [0.25, 0.3) is 17.2 Å². The van der Waals surface area contributed by atoms with Gasteiger partial charge < -0.3 is 19.0 Å². The van der Waals surface area contributed by atoms with Crippen molar-refractivity contribution in [3.8, 4) is 17.2 Å². The molecule has 2 heterocycles. The smallest absolute Gasteiger partial charge is 0.288 e. The van der Waals surface area contributed by atoms with Gasteiger partial charge in [0.05, 0.1) is 12.3 Å². The van der Waals surface area contributed by atoms with E-state index in [9.17, 15) is 9.00 Å². The molecule has 59 heavy (non-hydrogen) atoms. The number of carbonyl (C=O) groups is 1. The van der Waals surface area contributed by atoms with Crippen LogP contribution in [-0.4, -0.2) is 49.2 Å². The maximum absolute atomic E-state index is 14.1. The molecule has 0 aliphatic carbocycles. The number of anilines is 1. The molecule has 0 saturated heterocycles. The summed E-state index contributed by atoms with van der Waals surface area (Å²) in [6.07, 6.45) is 19.7. The van der Waals surface area contributed by atoms with Crippen LogP contribution >= 0.6 is 11.6 Å². The molecule has 2 aromatic carbocycles. The van der Waals surface area contributed by atoms with Crippen molar-refractivity contribution < 1.29 is 22.7 Å². The highest BCUT2D eigenvalue weighted by molar-refractivity contribution is 7.78. The molecule has 2 aromatic heterocycles. The van der Waals surface area contributed by atoms with Crippen LogP contribution in [0.5, 0.6) is 17.2 Å². The van der Waals surface area contributed by atoms with Gasteiger partial charge in [-0.05, 0) is 81.2 Å². The first-order valence-electron chi connectivity index (χ1n) is 22.5. The van der Waals surface area contributed by atoms with E-state index in [1.165, 1.54) is 49.7 Å². The zero-order valence-electron chi connectivity index (χ0n) is 36.6. The fourth-order valence-corrected chi connectivity index (χ4v) is 7.88. The fourth-order valence-electron chi connectivity index (χ4n) is 6.98.